The molecule has 8 heteroatoms. The zero-order valence-electron chi connectivity index (χ0n) is 10.7. The molecule has 2 amide bonds. The van der Waals surface area contributed by atoms with Crippen molar-refractivity contribution in [3.63, 3.8) is 0 Å². The van der Waals surface area contributed by atoms with Gasteiger partial charge in [0, 0.05) is 6.08 Å². The summed E-state index contributed by atoms with van der Waals surface area (Å²) in [6.07, 6.45) is 1.01. The number of hydrogen-bond acceptors (Lipinski definition) is 6. The summed E-state index contributed by atoms with van der Waals surface area (Å²) >= 11 is 0. The maximum absolute atomic E-state index is 11.9. The Bertz CT molecular complexity index is 652. The Hall–Kier alpha value is -2.87. The fourth-order valence-corrected chi connectivity index (χ4v) is 1.92. The normalized spacial score (nSPS) is 14.3. The van der Waals surface area contributed by atoms with Gasteiger partial charge in [-0.2, -0.15) is 0 Å². The summed E-state index contributed by atoms with van der Waals surface area (Å²) in [5.74, 6) is -3.11. The molecule has 1 aliphatic rings. The SMILES string of the molecule is O=C(O)c1c(O)cccc1NC1=CC(=O)N(CCO)C1=O. The molecule has 1 heterocycles. The predicted octanol–water partition coefficient (Wildman–Crippen LogP) is -0.253. The number of nitrogens with zero attached hydrogens (tertiary/aromatic N) is 1. The van der Waals surface area contributed by atoms with Gasteiger partial charge < -0.3 is 20.6 Å². The van der Waals surface area contributed by atoms with Crippen LogP contribution in [0.15, 0.2) is 30.0 Å². The molecule has 0 bridgehead atoms. The lowest BCUT2D eigenvalue weighted by molar-refractivity contribution is -0.137. The molecule has 110 valence electrons. The lowest BCUT2D eigenvalue weighted by atomic mass is 10.1. The van der Waals surface area contributed by atoms with Gasteiger partial charge in [-0.1, -0.05) is 6.07 Å². The summed E-state index contributed by atoms with van der Waals surface area (Å²) in [5.41, 5.74) is -0.540. The van der Waals surface area contributed by atoms with Gasteiger partial charge in [0.05, 0.1) is 18.8 Å². The standard InChI is InChI=1S/C13H12N2O6/c16-5-4-15-10(18)6-8(12(15)19)14-7-2-1-3-9(17)11(7)13(20)21/h1-3,6,14,16-17H,4-5H2,(H,20,21). The van der Waals surface area contributed by atoms with Crippen LogP contribution in [0.25, 0.3) is 0 Å². The number of benzene rings is 1. The first-order valence-electron chi connectivity index (χ1n) is 5.96. The molecule has 1 aliphatic heterocycles. The van der Waals surface area contributed by atoms with Crippen LogP contribution < -0.4 is 5.32 Å². The molecule has 0 atom stereocenters. The average molecular weight is 292 g/mol. The van der Waals surface area contributed by atoms with Crippen molar-refractivity contribution in [2.45, 2.75) is 0 Å². The third kappa shape index (κ3) is 2.70. The summed E-state index contributed by atoms with van der Waals surface area (Å²) in [7, 11) is 0. The minimum Gasteiger partial charge on any atom is -0.507 e. The Labute approximate surface area is 118 Å². The van der Waals surface area contributed by atoms with Crippen LogP contribution in [0, 0.1) is 0 Å². The highest BCUT2D eigenvalue weighted by Crippen LogP contribution is 2.27. The Morgan fingerprint density at radius 1 is 1.29 bits per heavy atom. The van der Waals surface area contributed by atoms with E-state index in [1.54, 1.807) is 0 Å². The number of aromatic hydroxyl groups is 1. The van der Waals surface area contributed by atoms with E-state index in [1.807, 2.05) is 0 Å². The number of aromatic carboxylic acids is 1. The highest BCUT2D eigenvalue weighted by Gasteiger charge is 2.31. The molecule has 0 fully saturated rings. The van der Waals surface area contributed by atoms with Crippen molar-refractivity contribution in [1.82, 2.24) is 4.90 Å². The summed E-state index contributed by atoms with van der Waals surface area (Å²) in [6.45, 7) is -0.518. The van der Waals surface area contributed by atoms with Crippen molar-refractivity contribution in [1.29, 1.82) is 0 Å². The number of anilines is 1. The van der Waals surface area contributed by atoms with Crippen molar-refractivity contribution in [3.05, 3.63) is 35.5 Å². The van der Waals surface area contributed by atoms with Crippen LogP contribution in [0.5, 0.6) is 5.75 Å². The number of β-amino-alcohol motifs (C(OH)–C–C–N with tert-alkyl or cyclic N) is 1. The number of rotatable bonds is 5. The summed E-state index contributed by atoms with van der Waals surface area (Å²) in [4.78, 5) is 35.4. The van der Waals surface area contributed by atoms with Crippen molar-refractivity contribution < 1.29 is 29.7 Å². The van der Waals surface area contributed by atoms with Crippen LogP contribution >= 0.6 is 0 Å². The number of carboxylic acid groups (broad SMARTS) is 1. The number of amides is 2. The largest absolute Gasteiger partial charge is 0.507 e. The number of phenols is 1. The molecule has 2 rings (SSSR count). The van der Waals surface area contributed by atoms with Gasteiger partial charge in [-0.15, -0.1) is 0 Å². The number of nitrogens with one attached hydrogen (secondary N) is 1. The Balaban J connectivity index is 2.30. The first-order chi connectivity index (χ1) is 9.95. The summed E-state index contributed by atoms with van der Waals surface area (Å²) < 4.78 is 0. The number of aliphatic hydroxyl groups excluding tert-OH is 1. The van der Waals surface area contributed by atoms with Crippen LogP contribution in [0.2, 0.25) is 0 Å². The van der Waals surface area contributed by atoms with Gasteiger partial charge in [-0.25, -0.2) is 4.79 Å². The topological polar surface area (TPSA) is 127 Å². The zero-order chi connectivity index (χ0) is 15.6. The van der Waals surface area contributed by atoms with Crippen molar-refractivity contribution in [2.24, 2.45) is 0 Å². The van der Waals surface area contributed by atoms with E-state index in [9.17, 15) is 19.5 Å². The smallest absolute Gasteiger partial charge is 0.341 e. The minimum absolute atomic E-state index is 0.0132. The van der Waals surface area contributed by atoms with Crippen LogP contribution in [0.1, 0.15) is 10.4 Å². The predicted molar refractivity (Wildman–Crippen MR) is 70.6 cm³/mol. The first kappa shape index (κ1) is 14.5. The second kappa shape index (κ2) is 5.63. The van der Waals surface area contributed by atoms with Crippen molar-refractivity contribution >= 4 is 23.5 Å². The molecule has 8 nitrogen and oxygen atoms in total. The minimum atomic E-state index is -1.37. The van der Waals surface area contributed by atoms with Gasteiger partial charge in [0.15, 0.2) is 0 Å². The molecule has 0 aromatic heterocycles. The van der Waals surface area contributed by atoms with Gasteiger partial charge in [0.2, 0.25) is 0 Å². The van der Waals surface area contributed by atoms with E-state index in [0.29, 0.717) is 0 Å². The first-order valence-corrected chi connectivity index (χ1v) is 5.96. The monoisotopic (exact) mass is 292 g/mol. The molecule has 0 spiro atoms. The van der Waals surface area contributed by atoms with E-state index >= 15 is 0 Å². The second-order valence-electron chi connectivity index (χ2n) is 4.21. The molecule has 0 saturated carbocycles. The quantitative estimate of drug-likeness (QED) is 0.551. The highest BCUT2D eigenvalue weighted by atomic mass is 16.4. The Morgan fingerprint density at radius 2 is 2.00 bits per heavy atom. The van der Waals surface area contributed by atoms with Gasteiger partial charge in [0.1, 0.15) is 17.0 Å². The van der Waals surface area contributed by atoms with Crippen molar-refractivity contribution in [2.75, 3.05) is 18.5 Å². The second-order valence-corrected chi connectivity index (χ2v) is 4.21. The number of carbonyl (C=O) groups excluding carboxylic acids is 2. The molecule has 1 aromatic rings. The molecular formula is C13H12N2O6. The van der Waals surface area contributed by atoms with Gasteiger partial charge in [-0.3, -0.25) is 14.5 Å². The number of carbonyl (C=O) groups is 3. The van der Waals surface area contributed by atoms with E-state index in [4.69, 9.17) is 10.2 Å². The van der Waals surface area contributed by atoms with Crippen LogP contribution in [0.4, 0.5) is 5.69 Å². The van der Waals surface area contributed by atoms with Crippen LogP contribution in [0.3, 0.4) is 0 Å². The van der Waals surface area contributed by atoms with E-state index in [-0.39, 0.29) is 24.5 Å². The van der Waals surface area contributed by atoms with Crippen molar-refractivity contribution in [3.8, 4) is 5.75 Å². The number of imide groups is 1. The average Bonchev–Trinajstić information content (AvgIpc) is 2.66. The maximum atomic E-state index is 11.9. The molecular weight excluding hydrogens is 280 g/mol. The molecule has 4 N–H and O–H groups in total. The molecule has 0 radical (unpaired) electrons. The molecule has 0 saturated heterocycles. The van der Waals surface area contributed by atoms with Gasteiger partial charge in [-0.05, 0) is 12.1 Å². The summed E-state index contributed by atoms with van der Waals surface area (Å²) in [5, 5.41) is 29.9. The third-order valence-corrected chi connectivity index (χ3v) is 2.86. The zero-order valence-corrected chi connectivity index (χ0v) is 10.7. The third-order valence-electron chi connectivity index (χ3n) is 2.86. The van der Waals surface area contributed by atoms with E-state index in [0.717, 1.165) is 11.0 Å². The van der Waals surface area contributed by atoms with E-state index in [1.165, 1.54) is 18.2 Å². The fraction of sp³-hybridized carbons (Fsp3) is 0.154. The Kier molecular flexibility index (Phi) is 3.90. The molecule has 0 unspecified atom stereocenters. The molecule has 21 heavy (non-hydrogen) atoms. The fourth-order valence-electron chi connectivity index (χ4n) is 1.92. The lowest BCUT2D eigenvalue weighted by Crippen LogP contribution is -2.34. The lowest BCUT2D eigenvalue weighted by Gasteiger charge is -2.14. The maximum Gasteiger partial charge on any atom is 0.341 e. The number of hydrogen-bond donors (Lipinski definition) is 4. The van der Waals surface area contributed by atoms with Gasteiger partial charge in [0.25, 0.3) is 11.8 Å². The molecule has 0 aliphatic carbocycles. The number of carboxylic acids is 1. The summed E-state index contributed by atoms with van der Waals surface area (Å²) in [6, 6.07) is 3.95. The molecule has 1 aromatic carbocycles. The Morgan fingerprint density at radius 3 is 2.62 bits per heavy atom. The number of aliphatic hydroxyl groups is 1. The van der Waals surface area contributed by atoms with Crippen LogP contribution in [-0.4, -0.2) is 51.2 Å². The van der Waals surface area contributed by atoms with E-state index in [2.05, 4.69) is 5.32 Å². The van der Waals surface area contributed by atoms with Crippen LogP contribution in [-0.2, 0) is 9.59 Å². The van der Waals surface area contributed by atoms with Gasteiger partial charge >= 0.3 is 5.97 Å². The van der Waals surface area contributed by atoms with E-state index < -0.39 is 29.1 Å². The highest BCUT2D eigenvalue weighted by molar-refractivity contribution is 6.17.